The molecular weight excluding hydrogens is 268 g/mol. The van der Waals surface area contributed by atoms with Gasteiger partial charge in [-0.3, -0.25) is 9.59 Å². The Morgan fingerprint density at radius 3 is 2.33 bits per heavy atom. The van der Waals surface area contributed by atoms with Gasteiger partial charge in [0.2, 0.25) is 0 Å². The maximum Gasteiger partial charge on any atom is 0.313 e. The summed E-state index contributed by atoms with van der Waals surface area (Å²) in [5.41, 5.74) is 0.867. The normalized spacial score (nSPS) is 13.3. The van der Waals surface area contributed by atoms with Gasteiger partial charge in [-0.2, -0.15) is 0 Å². The van der Waals surface area contributed by atoms with Gasteiger partial charge in [0.1, 0.15) is 0 Å². The lowest BCUT2D eigenvalue weighted by molar-refractivity contribution is -0.148. The van der Waals surface area contributed by atoms with E-state index < -0.39 is 5.92 Å². The predicted octanol–water partition coefficient (Wildman–Crippen LogP) is 3.31. The fraction of sp³-hybridized carbons (Fsp3) is 0.529. The van der Waals surface area contributed by atoms with Crippen LogP contribution in [0.2, 0.25) is 0 Å². The molecule has 0 unspecified atom stereocenters. The van der Waals surface area contributed by atoms with Gasteiger partial charge in [0.15, 0.2) is 0 Å². The minimum absolute atomic E-state index is 0.171. The molecule has 0 spiro atoms. The Kier molecular flexibility index (Phi) is 7.51. The van der Waals surface area contributed by atoms with Crippen molar-refractivity contribution in [2.24, 2.45) is 5.92 Å². The van der Waals surface area contributed by atoms with Crippen LogP contribution in [-0.4, -0.2) is 25.2 Å². The molecule has 116 valence electrons. The van der Waals surface area contributed by atoms with E-state index in [4.69, 9.17) is 9.47 Å². The van der Waals surface area contributed by atoms with Crippen molar-refractivity contribution in [2.45, 2.75) is 39.5 Å². The predicted molar refractivity (Wildman–Crippen MR) is 80.8 cm³/mol. The SMILES string of the molecule is CCCOC(=O)C[C@H](C)[C@H](C(=O)OCC)c1ccccc1. The highest BCUT2D eigenvalue weighted by atomic mass is 16.5. The molecule has 1 aromatic rings. The summed E-state index contributed by atoms with van der Waals surface area (Å²) in [4.78, 5) is 24.0. The Morgan fingerprint density at radius 2 is 1.76 bits per heavy atom. The zero-order valence-electron chi connectivity index (χ0n) is 13.0. The van der Waals surface area contributed by atoms with E-state index in [-0.39, 0.29) is 24.3 Å². The molecule has 4 heteroatoms. The number of hydrogen-bond donors (Lipinski definition) is 0. The molecule has 21 heavy (non-hydrogen) atoms. The zero-order chi connectivity index (χ0) is 15.7. The summed E-state index contributed by atoms with van der Waals surface area (Å²) < 4.78 is 10.2. The molecule has 0 saturated carbocycles. The molecule has 0 amide bonds. The molecule has 0 aliphatic rings. The lowest BCUT2D eigenvalue weighted by atomic mass is 9.85. The second-order valence-corrected chi connectivity index (χ2v) is 5.04. The fourth-order valence-corrected chi connectivity index (χ4v) is 2.24. The highest BCUT2D eigenvalue weighted by molar-refractivity contribution is 5.80. The number of carbonyl (C=O) groups excluding carboxylic acids is 2. The van der Waals surface area contributed by atoms with E-state index in [2.05, 4.69) is 0 Å². The Hall–Kier alpha value is -1.84. The van der Waals surface area contributed by atoms with Crippen molar-refractivity contribution in [1.29, 1.82) is 0 Å². The van der Waals surface area contributed by atoms with Crippen LogP contribution >= 0.6 is 0 Å². The third-order valence-corrected chi connectivity index (χ3v) is 3.22. The van der Waals surface area contributed by atoms with E-state index in [1.165, 1.54) is 0 Å². The number of benzene rings is 1. The summed E-state index contributed by atoms with van der Waals surface area (Å²) in [5, 5.41) is 0. The molecular formula is C17H24O4. The van der Waals surface area contributed by atoms with Crippen LogP contribution in [0, 0.1) is 5.92 Å². The van der Waals surface area contributed by atoms with Gasteiger partial charge in [0.25, 0.3) is 0 Å². The molecule has 2 atom stereocenters. The van der Waals surface area contributed by atoms with Crippen LogP contribution in [0.3, 0.4) is 0 Å². The highest BCUT2D eigenvalue weighted by Gasteiger charge is 2.30. The van der Waals surface area contributed by atoms with Gasteiger partial charge < -0.3 is 9.47 Å². The summed E-state index contributed by atoms with van der Waals surface area (Å²) in [5.74, 6) is -1.18. The number of esters is 2. The van der Waals surface area contributed by atoms with Crippen LogP contribution in [0.15, 0.2) is 30.3 Å². The average molecular weight is 292 g/mol. The van der Waals surface area contributed by atoms with Gasteiger partial charge >= 0.3 is 11.9 Å². The molecule has 0 saturated heterocycles. The van der Waals surface area contributed by atoms with Crippen molar-refractivity contribution < 1.29 is 19.1 Å². The zero-order valence-corrected chi connectivity index (χ0v) is 13.0. The maximum atomic E-state index is 12.2. The summed E-state index contributed by atoms with van der Waals surface area (Å²) in [7, 11) is 0. The first kappa shape index (κ1) is 17.2. The molecule has 0 radical (unpaired) electrons. The monoisotopic (exact) mass is 292 g/mol. The van der Waals surface area contributed by atoms with Crippen LogP contribution in [0.4, 0.5) is 0 Å². The van der Waals surface area contributed by atoms with E-state index >= 15 is 0 Å². The van der Waals surface area contributed by atoms with Crippen molar-refractivity contribution in [2.75, 3.05) is 13.2 Å². The van der Waals surface area contributed by atoms with Crippen LogP contribution in [0.25, 0.3) is 0 Å². The third-order valence-electron chi connectivity index (χ3n) is 3.22. The molecule has 0 aliphatic heterocycles. The van der Waals surface area contributed by atoms with Gasteiger partial charge in [0, 0.05) is 6.42 Å². The molecule has 0 aliphatic carbocycles. The second kappa shape index (κ2) is 9.16. The fourth-order valence-electron chi connectivity index (χ4n) is 2.24. The standard InChI is InChI=1S/C17H24O4/c1-4-11-21-15(18)12-13(3)16(17(19)20-5-2)14-9-7-6-8-10-14/h6-10,13,16H,4-5,11-12H2,1-3H3/t13-,16-/m0/s1. The summed E-state index contributed by atoms with van der Waals surface area (Å²) in [6, 6.07) is 9.42. The lowest BCUT2D eigenvalue weighted by Crippen LogP contribution is -2.25. The number of ether oxygens (including phenoxy) is 2. The Labute approximate surface area is 126 Å². The number of hydrogen-bond acceptors (Lipinski definition) is 4. The minimum atomic E-state index is -0.444. The van der Waals surface area contributed by atoms with Crippen LogP contribution in [0.1, 0.15) is 45.1 Å². The summed E-state index contributed by atoms with van der Waals surface area (Å²) in [6.07, 6.45) is 0.998. The average Bonchev–Trinajstić information content (AvgIpc) is 2.46. The number of rotatable bonds is 8. The van der Waals surface area contributed by atoms with Gasteiger partial charge in [-0.25, -0.2) is 0 Å². The first-order valence-corrected chi connectivity index (χ1v) is 7.47. The van der Waals surface area contributed by atoms with Crippen molar-refractivity contribution in [3.63, 3.8) is 0 Å². The Morgan fingerprint density at radius 1 is 1.10 bits per heavy atom. The summed E-state index contributed by atoms with van der Waals surface area (Å²) in [6.45, 7) is 6.35. The third kappa shape index (κ3) is 5.58. The Bertz CT molecular complexity index is 441. The Balaban J connectivity index is 2.81. The molecule has 1 rings (SSSR count). The molecule has 0 aromatic heterocycles. The smallest absolute Gasteiger partial charge is 0.313 e. The van der Waals surface area contributed by atoms with Crippen LogP contribution < -0.4 is 0 Å². The van der Waals surface area contributed by atoms with Gasteiger partial charge in [0.05, 0.1) is 19.1 Å². The molecule has 1 aromatic carbocycles. The van der Waals surface area contributed by atoms with Gasteiger partial charge in [-0.15, -0.1) is 0 Å². The first-order chi connectivity index (χ1) is 10.1. The molecule has 0 N–H and O–H groups in total. The van der Waals surface area contributed by atoms with Crippen molar-refractivity contribution in [1.82, 2.24) is 0 Å². The largest absolute Gasteiger partial charge is 0.466 e. The van der Waals surface area contributed by atoms with Crippen LogP contribution in [-0.2, 0) is 19.1 Å². The van der Waals surface area contributed by atoms with Crippen molar-refractivity contribution in [3.05, 3.63) is 35.9 Å². The summed E-state index contributed by atoms with van der Waals surface area (Å²) >= 11 is 0. The van der Waals surface area contributed by atoms with Crippen LogP contribution in [0.5, 0.6) is 0 Å². The molecule has 0 fully saturated rings. The maximum absolute atomic E-state index is 12.2. The van der Waals surface area contributed by atoms with E-state index in [0.29, 0.717) is 13.2 Å². The molecule has 4 nitrogen and oxygen atoms in total. The minimum Gasteiger partial charge on any atom is -0.466 e. The molecule has 0 bridgehead atoms. The first-order valence-electron chi connectivity index (χ1n) is 7.47. The highest BCUT2D eigenvalue weighted by Crippen LogP contribution is 2.28. The topological polar surface area (TPSA) is 52.6 Å². The molecule has 0 heterocycles. The quantitative estimate of drug-likeness (QED) is 0.690. The van der Waals surface area contributed by atoms with E-state index in [1.807, 2.05) is 44.2 Å². The van der Waals surface area contributed by atoms with E-state index in [9.17, 15) is 9.59 Å². The van der Waals surface area contributed by atoms with Gasteiger partial charge in [-0.1, -0.05) is 44.2 Å². The van der Waals surface area contributed by atoms with Crippen molar-refractivity contribution in [3.8, 4) is 0 Å². The second-order valence-electron chi connectivity index (χ2n) is 5.04. The van der Waals surface area contributed by atoms with E-state index in [0.717, 1.165) is 12.0 Å². The van der Waals surface area contributed by atoms with E-state index in [1.54, 1.807) is 6.92 Å². The lowest BCUT2D eigenvalue weighted by Gasteiger charge is -2.22. The van der Waals surface area contributed by atoms with Crippen molar-refractivity contribution >= 4 is 11.9 Å². The van der Waals surface area contributed by atoms with Gasteiger partial charge in [-0.05, 0) is 24.8 Å². The number of carbonyl (C=O) groups is 2.